The average molecular weight is 288 g/mol. The third-order valence-corrected chi connectivity index (χ3v) is 3.63. The van der Waals surface area contributed by atoms with Crippen LogP contribution in [0.4, 0.5) is 5.69 Å². The van der Waals surface area contributed by atoms with Crippen molar-refractivity contribution in [2.75, 3.05) is 19.0 Å². The van der Waals surface area contributed by atoms with Crippen LogP contribution in [-0.2, 0) is 0 Å². The molecule has 0 amide bonds. The number of pyridine rings is 2. The number of aryl methyl sites for hydroxylation is 1. The van der Waals surface area contributed by atoms with Gasteiger partial charge in [-0.05, 0) is 30.7 Å². The number of fused-ring (bicyclic) bond motifs is 2. The van der Waals surface area contributed by atoms with Crippen molar-refractivity contribution >= 4 is 39.2 Å². The Morgan fingerprint density at radius 1 is 1.15 bits per heavy atom. The van der Waals surface area contributed by atoms with Gasteiger partial charge in [-0.15, -0.1) is 0 Å². The lowest BCUT2D eigenvalue weighted by Gasteiger charge is -2.18. The number of halogens is 1. The van der Waals surface area contributed by atoms with E-state index in [2.05, 4.69) is 9.97 Å². The number of hydrogen-bond acceptors (Lipinski definition) is 3. The van der Waals surface area contributed by atoms with Crippen LogP contribution in [-0.4, -0.2) is 24.1 Å². The second-order valence-electron chi connectivity index (χ2n) is 5.03. The van der Waals surface area contributed by atoms with Gasteiger partial charge in [0, 0.05) is 19.5 Å². The fourth-order valence-corrected chi connectivity index (χ4v) is 2.71. The summed E-state index contributed by atoms with van der Waals surface area (Å²) in [5.74, 6) is 0. The molecule has 0 unspecified atom stereocenters. The monoisotopic (exact) mass is 287 g/mol. The van der Waals surface area contributed by atoms with Gasteiger partial charge in [0.1, 0.15) is 10.8 Å². The average Bonchev–Trinajstić information content (AvgIpc) is 2.37. The molecule has 2 aromatic heterocycles. The van der Waals surface area contributed by atoms with Crippen molar-refractivity contribution in [3.63, 3.8) is 0 Å². The topological polar surface area (TPSA) is 49.0 Å². The molecule has 5 heteroatoms. The van der Waals surface area contributed by atoms with Crippen molar-refractivity contribution in [2.24, 2.45) is 0 Å². The van der Waals surface area contributed by atoms with Crippen molar-refractivity contribution in [3.05, 3.63) is 45.2 Å². The van der Waals surface area contributed by atoms with Crippen LogP contribution in [0.5, 0.6) is 0 Å². The van der Waals surface area contributed by atoms with E-state index in [4.69, 9.17) is 11.6 Å². The van der Waals surface area contributed by atoms with E-state index in [9.17, 15) is 4.79 Å². The number of benzene rings is 1. The molecular formula is C15H14ClN3O. The smallest absolute Gasteiger partial charge is 0.198 e. The number of nitrogens with one attached hydrogen (secondary N) is 1. The molecule has 1 aromatic carbocycles. The van der Waals surface area contributed by atoms with Crippen molar-refractivity contribution in [1.82, 2.24) is 9.97 Å². The molecule has 0 saturated heterocycles. The first-order valence-corrected chi connectivity index (χ1v) is 6.66. The van der Waals surface area contributed by atoms with Gasteiger partial charge in [0.25, 0.3) is 0 Å². The molecule has 20 heavy (non-hydrogen) atoms. The van der Waals surface area contributed by atoms with E-state index in [1.54, 1.807) is 12.1 Å². The Bertz CT molecular complexity index is 884. The Hall–Kier alpha value is -2.07. The second-order valence-corrected chi connectivity index (χ2v) is 5.42. The molecule has 0 aliphatic carbocycles. The molecule has 0 aliphatic rings. The quantitative estimate of drug-likeness (QED) is 0.553. The Morgan fingerprint density at radius 2 is 1.85 bits per heavy atom. The van der Waals surface area contributed by atoms with E-state index in [1.807, 2.05) is 38.1 Å². The molecule has 3 rings (SSSR count). The normalized spacial score (nSPS) is 11.2. The second kappa shape index (κ2) is 4.49. The van der Waals surface area contributed by atoms with Gasteiger partial charge in [0.05, 0.1) is 16.6 Å². The Balaban J connectivity index is 2.57. The van der Waals surface area contributed by atoms with Gasteiger partial charge in [-0.3, -0.25) is 4.79 Å². The van der Waals surface area contributed by atoms with Gasteiger partial charge >= 0.3 is 0 Å². The number of anilines is 1. The third-order valence-electron chi connectivity index (χ3n) is 3.42. The Morgan fingerprint density at radius 3 is 2.55 bits per heavy atom. The van der Waals surface area contributed by atoms with Gasteiger partial charge in [0.2, 0.25) is 0 Å². The first-order valence-electron chi connectivity index (χ1n) is 6.28. The molecule has 0 spiro atoms. The van der Waals surface area contributed by atoms with Gasteiger partial charge < -0.3 is 9.88 Å². The maximum absolute atomic E-state index is 12.6. The van der Waals surface area contributed by atoms with Gasteiger partial charge in [-0.1, -0.05) is 17.7 Å². The summed E-state index contributed by atoms with van der Waals surface area (Å²) in [5.41, 5.74) is 3.37. The van der Waals surface area contributed by atoms with E-state index < -0.39 is 0 Å². The van der Waals surface area contributed by atoms with E-state index in [1.165, 1.54) is 0 Å². The summed E-state index contributed by atoms with van der Waals surface area (Å²) in [6, 6.07) is 7.15. The van der Waals surface area contributed by atoms with Crippen LogP contribution in [0, 0.1) is 6.92 Å². The number of aromatic amines is 1. The molecule has 4 nitrogen and oxygen atoms in total. The summed E-state index contributed by atoms with van der Waals surface area (Å²) in [4.78, 5) is 22.0. The summed E-state index contributed by atoms with van der Waals surface area (Å²) in [6.45, 7) is 2.02. The zero-order valence-corrected chi connectivity index (χ0v) is 12.2. The van der Waals surface area contributed by atoms with Crippen molar-refractivity contribution in [3.8, 4) is 0 Å². The highest BCUT2D eigenvalue weighted by molar-refractivity contribution is 6.29. The number of nitrogens with zero attached hydrogens (tertiary/aromatic N) is 2. The molecule has 1 N–H and O–H groups in total. The molecule has 0 fully saturated rings. The lowest BCUT2D eigenvalue weighted by molar-refractivity contribution is 1.12. The van der Waals surface area contributed by atoms with Crippen LogP contribution in [0.3, 0.4) is 0 Å². The fourth-order valence-electron chi connectivity index (χ4n) is 2.56. The zero-order chi connectivity index (χ0) is 14.4. The molecule has 0 bridgehead atoms. The van der Waals surface area contributed by atoms with Gasteiger partial charge in [-0.2, -0.15) is 0 Å². The van der Waals surface area contributed by atoms with Crippen LogP contribution in [0.2, 0.25) is 5.15 Å². The van der Waals surface area contributed by atoms with E-state index in [0.29, 0.717) is 21.6 Å². The minimum absolute atomic E-state index is 0.0268. The van der Waals surface area contributed by atoms with Crippen molar-refractivity contribution < 1.29 is 0 Å². The summed E-state index contributed by atoms with van der Waals surface area (Å²) >= 11 is 5.91. The van der Waals surface area contributed by atoms with Gasteiger partial charge in [-0.25, -0.2) is 4.98 Å². The third kappa shape index (κ3) is 1.84. The van der Waals surface area contributed by atoms with Crippen LogP contribution in [0.25, 0.3) is 21.9 Å². The number of hydrogen-bond donors (Lipinski definition) is 1. The predicted octanol–water partition coefficient (Wildman–Crippen LogP) is 3.10. The number of H-pyrrole nitrogens is 1. The molecule has 0 radical (unpaired) electrons. The highest BCUT2D eigenvalue weighted by atomic mass is 35.5. The lowest BCUT2D eigenvalue weighted by Crippen LogP contribution is -2.14. The summed E-state index contributed by atoms with van der Waals surface area (Å²) in [6.07, 6.45) is 0. The minimum atomic E-state index is -0.0268. The zero-order valence-electron chi connectivity index (χ0n) is 11.5. The van der Waals surface area contributed by atoms with Crippen LogP contribution in [0.1, 0.15) is 5.56 Å². The predicted molar refractivity (Wildman–Crippen MR) is 83.9 cm³/mol. The summed E-state index contributed by atoms with van der Waals surface area (Å²) in [7, 11) is 3.91. The molecule has 102 valence electrons. The van der Waals surface area contributed by atoms with E-state index >= 15 is 0 Å². The van der Waals surface area contributed by atoms with Gasteiger partial charge in [0.15, 0.2) is 5.43 Å². The summed E-state index contributed by atoms with van der Waals surface area (Å²) < 4.78 is 0. The lowest BCUT2D eigenvalue weighted by atomic mass is 10.1. The van der Waals surface area contributed by atoms with Crippen molar-refractivity contribution in [2.45, 2.75) is 6.92 Å². The van der Waals surface area contributed by atoms with E-state index in [0.717, 1.165) is 16.8 Å². The van der Waals surface area contributed by atoms with Crippen LogP contribution in [0.15, 0.2) is 29.1 Å². The minimum Gasteiger partial charge on any atom is -0.376 e. The first-order chi connectivity index (χ1) is 9.49. The molecule has 0 atom stereocenters. The largest absolute Gasteiger partial charge is 0.376 e. The summed E-state index contributed by atoms with van der Waals surface area (Å²) in [5, 5.41) is 1.58. The molecule has 0 aliphatic heterocycles. The number of rotatable bonds is 1. The standard InChI is InChI=1S/C15H14ClN3O/c1-8-4-5-9-12(13(8)19(2)3)18-15-10(14(9)20)6-7-11(16)17-15/h4-7H,1-3H3,(H,17,18,20). The van der Waals surface area contributed by atoms with Crippen molar-refractivity contribution in [1.29, 1.82) is 0 Å². The Kier molecular flexibility index (Phi) is 2.91. The number of aromatic nitrogens is 2. The highest BCUT2D eigenvalue weighted by Crippen LogP contribution is 2.27. The maximum atomic E-state index is 12.6. The molecular weight excluding hydrogens is 274 g/mol. The van der Waals surface area contributed by atoms with Crippen LogP contribution >= 0.6 is 11.6 Å². The van der Waals surface area contributed by atoms with Crippen LogP contribution < -0.4 is 10.3 Å². The highest BCUT2D eigenvalue weighted by Gasteiger charge is 2.13. The molecule has 0 saturated carbocycles. The maximum Gasteiger partial charge on any atom is 0.198 e. The fraction of sp³-hybridized carbons (Fsp3) is 0.200. The molecule has 2 heterocycles. The van der Waals surface area contributed by atoms with E-state index in [-0.39, 0.29) is 5.43 Å². The SMILES string of the molecule is Cc1ccc2c(=O)c3ccc(Cl)nc3[nH]c2c1N(C)C. The Labute approximate surface area is 121 Å². The first kappa shape index (κ1) is 12.9. The molecule has 3 aromatic rings.